The number of anilines is 1. The number of methoxy groups -OCH3 is 3. The molecule has 2 unspecified atom stereocenters. The number of ether oxygens (including phenoxy) is 4. The first kappa shape index (κ1) is 29.1. The first-order chi connectivity index (χ1) is 17.1. The van der Waals surface area contributed by atoms with E-state index in [0.29, 0.717) is 29.9 Å². The fourth-order valence-electron chi connectivity index (χ4n) is 4.01. The Kier molecular flexibility index (Phi) is 10.3. The fourth-order valence-corrected chi connectivity index (χ4v) is 4.01. The fraction of sp³-hybridized carbons (Fsp3) is 0.467. The van der Waals surface area contributed by atoms with Gasteiger partial charge in [0.05, 0.1) is 25.7 Å². The van der Waals surface area contributed by atoms with E-state index < -0.39 is 5.60 Å². The van der Waals surface area contributed by atoms with Crippen LogP contribution in [0.15, 0.2) is 65.0 Å². The molecule has 0 amide bonds. The number of furan rings is 1. The van der Waals surface area contributed by atoms with Crippen LogP contribution in [0.1, 0.15) is 52.4 Å². The highest BCUT2D eigenvalue weighted by Gasteiger charge is 2.40. The molecule has 6 nitrogen and oxygen atoms in total. The second-order valence-corrected chi connectivity index (χ2v) is 9.13. The lowest BCUT2D eigenvalue weighted by Gasteiger charge is -2.38. The molecule has 2 atom stereocenters. The van der Waals surface area contributed by atoms with Crippen molar-refractivity contribution in [3.63, 3.8) is 0 Å². The van der Waals surface area contributed by atoms with E-state index in [4.69, 9.17) is 23.4 Å². The van der Waals surface area contributed by atoms with E-state index in [0.717, 1.165) is 28.3 Å². The summed E-state index contributed by atoms with van der Waals surface area (Å²) in [5.74, 6) is 3.24. The number of rotatable bonds is 10. The van der Waals surface area contributed by atoms with E-state index in [1.165, 1.54) is 0 Å². The van der Waals surface area contributed by atoms with E-state index in [9.17, 15) is 0 Å². The molecule has 3 rings (SSSR count). The summed E-state index contributed by atoms with van der Waals surface area (Å²) in [5, 5.41) is 0. The predicted molar refractivity (Wildman–Crippen MR) is 148 cm³/mol. The van der Waals surface area contributed by atoms with Crippen LogP contribution in [0.5, 0.6) is 11.7 Å². The van der Waals surface area contributed by atoms with Crippen molar-refractivity contribution in [3.05, 3.63) is 71.9 Å². The topological polar surface area (TPSA) is 53.3 Å². The summed E-state index contributed by atoms with van der Waals surface area (Å²) >= 11 is 0. The number of allylic oxidation sites excluding steroid dienone is 2. The lowest BCUT2D eigenvalue weighted by Crippen LogP contribution is -2.39. The summed E-state index contributed by atoms with van der Waals surface area (Å²) in [4.78, 5) is 2.20. The molecular formula is C30H43NO5. The Bertz CT molecular complexity index is 1080. The number of hydrogen-bond acceptors (Lipinski definition) is 6. The van der Waals surface area contributed by atoms with Gasteiger partial charge in [-0.15, -0.1) is 0 Å². The molecule has 1 aromatic heterocycles. The zero-order chi connectivity index (χ0) is 27.0. The molecule has 6 heteroatoms. The Balaban J connectivity index is 0.00000222. The van der Waals surface area contributed by atoms with Crippen LogP contribution in [0, 0.1) is 12.8 Å². The molecular weight excluding hydrogens is 454 g/mol. The van der Waals surface area contributed by atoms with Gasteiger partial charge in [-0.3, -0.25) is 0 Å². The monoisotopic (exact) mass is 497 g/mol. The summed E-state index contributed by atoms with van der Waals surface area (Å²) < 4.78 is 29.1. The second-order valence-electron chi connectivity index (χ2n) is 9.13. The largest absolute Gasteiger partial charge is 0.501 e. The average Bonchev–Trinajstić information content (AvgIpc) is 3.35. The smallest absolute Gasteiger partial charge is 0.290 e. The van der Waals surface area contributed by atoms with Crippen LogP contribution in [-0.4, -0.2) is 40.0 Å². The zero-order valence-corrected chi connectivity index (χ0v) is 23.6. The Hall–Kier alpha value is -3.12. The highest BCUT2D eigenvalue weighted by Crippen LogP contribution is 2.41. The van der Waals surface area contributed by atoms with E-state index in [1.54, 1.807) is 21.3 Å². The van der Waals surface area contributed by atoms with Crippen molar-refractivity contribution in [2.24, 2.45) is 5.92 Å². The maximum Gasteiger partial charge on any atom is 0.290 e. The molecule has 36 heavy (non-hydrogen) atoms. The first-order valence-electron chi connectivity index (χ1n) is 12.5. The van der Waals surface area contributed by atoms with Crippen molar-refractivity contribution in [3.8, 4) is 11.7 Å². The molecule has 0 saturated heterocycles. The van der Waals surface area contributed by atoms with Gasteiger partial charge in [0.15, 0.2) is 0 Å². The van der Waals surface area contributed by atoms with Gasteiger partial charge in [0.1, 0.15) is 23.0 Å². The first-order valence-corrected chi connectivity index (χ1v) is 12.5. The molecule has 1 aliphatic rings. The molecule has 0 bridgehead atoms. The van der Waals surface area contributed by atoms with Gasteiger partial charge >= 0.3 is 0 Å². The summed E-state index contributed by atoms with van der Waals surface area (Å²) in [6, 6.07) is 10.3. The highest BCUT2D eigenvalue weighted by molar-refractivity contribution is 5.61. The minimum absolute atomic E-state index is 0.0890. The van der Waals surface area contributed by atoms with Crippen LogP contribution in [-0.2, 0) is 14.2 Å². The highest BCUT2D eigenvalue weighted by atomic mass is 16.6. The summed E-state index contributed by atoms with van der Waals surface area (Å²) in [7, 11) is 7.04. The Morgan fingerprint density at radius 1 is 1.11 bits per heavy atom. The van der Waals surface area contributed by atoms with Crippen molar-refractivity contribution in [1.29, 1.82) is 0 Å². The number of aryl methyl sites for hydroxylation is 1. The van der Waals surface area contributed by atoms with Crippen molar-refractivity contribution >= 4 is 11.3 Å². The van der Waals surface area contributed by atoms with E-state index in [1.807, 2.05) is 58.0 Å². The van der Waals surface area contributed by atoms with Crippen LogP contribution in [0.4, 0.5) is 5.69 Å². The molecule has 0 aliphatic heterocycles. The summed E-state index contributed by atoms with van der Waals surface area (Å²) in [6.45, 7) is 16.6. The molecule has 0 spiro atoms. The van der Waals surface area contributed by atoms with Crippen LogP contribution >= 0.6 is 0 Å². The van der Waals surface area contributed by atoms with E-state index >= 15 is 0 Å². The van der Waals surface area contributed by atoms with Crippen molar-refractivity contribution in [2.45, 2.75) is 59.6 Å². The van der Waals surface area contributed by atoms with E-state index in [2.05, 4.69) is 44.5 Å². The Morgan fingerprint density at radius 3 is 2.39 bits per heavy atom. The van der Waals surface area contributed by atoms with Crippen LogP contribution in [0.3, 0.4) is 0 Å². The quantitative estimate of drug-likeness (QED) is 0.334. The van der Waals surface area contributed by atoms with Crippen LogP contribution in [0.2, 0.25) is 0 Å². The van der Waals surface area contributed by atoms with Crippen molar-refractivity contribution in [1.82, 2.24) is 0 Å². The summed E-state index contributed by atoms with van der Waals surface area (Å²) in [5.41, 5.74) is 2.34. The average molecular weight is 498 g/mol. The molecule has 0 saturated carbocycles. The second kappa shape index (κ2) is 12.7. The van der Waals surface area contributed by atoms with Gasteiger partial charge in [-0.2, -0.15) is 0 Å². The Labute approximate surface area is 217 Å². The molecule has 0 fully saturated rings. The molecule has 2 aromatic rings. The number of benzene rings is 1. The lowest BCUT2D eigenvalue weighted by molar-refractivity contribution is -0.0116. The third-order valence-electron chi connectivity index (χ3n) is 6.60. The maximum atomic E-state index is 6.11. The van der Waals surface area contributed by atoms with E-state index in [-0.39, 0.29) is 5.92 Å². The van der Waals surface area contributed by atoms with Crippen LogP contribution < -0.4 is 9.64 Å². The molecule has 0 radical (unpaired) electrons. The van der Waals surface area contributed by atoms with Gasteiger partial charge in [-0.1, -0.05) is 26.5 Å². The standard InChI is InChI=1S/C28H37NO5.C2H6/c1-18(2)29(6)21-11-10-19(3)25(15-21)34-27-13-12-24(33-27)20(4)14-23-26(31-8)16-22(30-7)17-28(23,5)32-9;1-2/h10-13,15-18,23H,4,14H2,1-3,5-9H3;1-2H3. The van der Waals surface area contributed by atoms with Gasteiger partial charge in [-0.05, 0) is 63.5 Å². The maximum absolute atomic E-state index is 6.11. The van der Waals surface area contributed by atoms with Crippen molar-refractivity contribution in [2.75, 3.05) is 33.3 Å². The van der Waals surface area contributed by atoms with Gasteiger partial charge in [0, 0.05) is 44.1 Å². The molecule has 1 heterocycles. The molecule has 1 aromatic carbocycles. The van der Waals surface area contributed by atoms with Crippen molar-refractivity contribution < 1.29 is 23.4 Å². The normalized spacial score (nSPS) is 19.0. The van der Waals surface area contributed by atoms with Crippen LogP contribution in [0.25, 0.3) is 5.57 Å². The van der Waals surface area contributed by atoms with Gasteiger partial charge in [0.2, 0.25) is 0 Å². The van der Waals surface area contributed by atoms with Gasteiger partial charge in [0.25, 0.3) is 5.95 Å². The predicted octanol–water partition coefficient (Wildman–Crippen LogP) is 7.75. The lowest BCUT2D eigenvalue weighted by atomic mass is 9.79. The third-order valence-corrected chi connectivity index (χ3v) is 6.60. The number of nitrogens with zero attached hydrogens (tertiary/aromatic N) is 1. The minimum atomic E-state index is -0.611. The van der Waals surface area contributed by atoms with Gasteiger partial charge in [-0.25, -0.2) is 0 Å². The SMILES string of the molecule is C=C(CC1C(OC)=CC(OC)=CC1(C)OC)c1ccc(Oc2cc(N(C)C(C)C)ccc2C)o1.CC. The molecule has 198 valence electrons. The third kappa shape index (κ3) is 6.55. The minimum Gasteiger partial charge on any atom is -0.501 e. The summed E-state index contributed by atoms with van der Waals surface area (Å²) in [6.07, 6.45) is 4.44. The molecule has 1 aliphatic carbocycles. The van der Waals surface area contributed by atoms with Gasteiger partial charge < -0.3 is 28.3 Å². The zero-order valence-electron chi connectivity index (χ0n) is 23.6. The number of hydrogen-bond donors (Lipinski definition) is 0. The molecule has 0 N–H and O–H groups in total. The Morgan fingerprint density at radius 2 is 1.81 bits per heavy atom.